The standard InChI is InChI=1S/C15H21N5/c1-12-14(10-16-2)11-18-15(19-12)20(3)9-6-13-4-7-17-8-5-13/h4-5,7-8,11,16H,6,9-10H2,1-3H3. The highest BCUT2D eigenvalue weighted by atomic mass is 15.2. The van der Waals surface area contributed by atoms with Crippen molar-refractivity contribution >= 4 is 5.95 Å². The van der Waals surface area contributed by atoms with Crippen molar-refractivity contribution in [3.8, 4) is 0 Å². The van der Waals surface area contributed by atoms with E-state index in [4.69, 9.17) is 0 Å². The second-order valence-electron chi connectivity index (χ2n) is 4.84. The monoisotopic (exact) mass is 271 g/mol. The average molecular weight is 271 g/mol. The first-order valence-corrected chi connectivity index (χ1v) is 6.78. The molecule has 2 aromatic rings. The molecule has 5 nitrogen and oxygen atoms in total. The minimum absolute atomic E-state index is 0.774. The van der Waals surface area contributed by atoms with Gasteiger partial charge in [-0.2, -0.15) is 0 Å². The maximum atomic E-state index is 4.57. The van der Waals surface area contributed by atoms with Gasteiger partial charge >= 0.3 is 0 Å². The van der Waals surface area contributed by atoms with E-state index in [1.807, 2.05) is 51.7 Å². The van der Waals surface area contributed by atoms with Crippen LogP contribution in [0.4, 0.5) is 5.95 Å². The predicted molar refractivity (Wildman–Crippen MR) is 80.7 cm³/mol. The van der Waals surface area contributed by atoms with Crippen molar-refractivity contribution in [2.75, 3.05) is 25.5 Å². The second kappa shape index (κ2) is 6.96. The molecule has 0 aromatic carbocycles. The van der Waals surface area contributed by atoms with Gasteiger partial charge in [-0.25, -0.2) is 9.97 Å². The molecule has 0 aliphatic carbocycles. The molecule has 0 aliphatic rings. The Morgan fingerprint density at radius 1 is 1.25 bits per heavy atom. The van der Waals surface area contributed by atoms with Crippen LogP contribution >= 0.6 is 0 Å². The third-order valence-corrected chi connectivity index (χ3v) is 3.26. The second-order valence-corrected chi connectivity index (χ2v) is 4.84. The van der Waals surface area contributed by atoms with Gasteiger partial charge in [0.25, 0.3) is 0 Å². The molecule has 0 fully saturated rings. The lowest BCUT2D eigenvalue weighted by molar-refractivity contribution is 0.782. The first-order valence-electron chi connectivity index (χ1n) is 6.78. The number of likely N-dealkylation sites (N-methyl/N-ethyl adjacent to an activating group) is 1. The maximum absolute atomic E-state index is 4.57. The van der Waals surface area contributed by atoms with Crippen LogP contribution in [0.2, 0.25) is 0 Å². The number of anilines is 1. The summed E-state index contributed by atoms with van der Waals surface area (Å²) in [6.45, 7) is 3.70. The first kappa shape index (κ1) is 14.4. The molecule has 0 saturated heterocycles. The molecule has 106 valence electrons. The molecular weight excluding hydrogens is 250 g/mol. The molecule has 1 N–H and O–H groups in total. The van der Waals surface area contributed by atoms with Crippen molar-refractivity contribution < 1.29 is 0 Å². The van der Waals surface area contributed by atoms with E-state index < -0.39 is 0 Å². The number of aromatic nitrogens is 3. The van der Waals surface area contributed by atoms with Crippen LogP contribution < -0.4 is 10.2 Å². The van der Waals surface area contributed by atoms with Crippen LogP contribution in [-0.4, -0.2) is 35.6 Å². The van der Waals surface area contributed by atoms with Gasteiger partial charge in [0.1, 0.15) is 0 Å². The molecular formula is C15H21N5. The molecule has 0 spiro atoms. The van der Waals surface area contributed by atoms with E-state index in [2.05, 4.69) is 25.2 Å². The maximum Gasteiger partial charge on any atom is 0.225 e. The van der Waals surface area contributed by atoms with Gasteiger partial charge in [0.15, 0.2) is 0 Å². The summed E-state index contributed by atoms with van der Waals surface area (Å²) in [6, 6.07) is 4.08. The zero-order chi connectivity index (χ0) is 14.4. The van der Waals surface area contributed by atoms with E-state index in [1.54, 1.807) is 0 Å². The SMILES string of the molecule is CNCc1cnc(N(C)CCc2ccncc2)nc1C. The molecule has 20 heavy (non-hydrogen) atoms. The molecule has 0 atom stereocenters. The number of hydrogen-bond acceptors (Lipinski definition) is 5. The Labute approximate surface area is 120 Å². The topological polar surface area (TPSA) is 53.9 Å². The summed E-state index contributed by atoms with van der Waals surface area (Å²) in [5.74, 6) is 0.774. The molecule has 0 aliphatic heterocycles. The van der Waals surface area contributed by atoms with E-state index in [-0.39, 0.29) is 0 Å². The van der Waals surface area contributed by atoms with Gasteiger partial charge in [0.2, 0.25) is 5.95 Å². The first-order chi connectivity index (χ1) is 9.70. The van der Waals surface area contributed by atoms with Crippen molar-refractivity contribution in [2.45, 2.75) is 19.9 Å². The van der Waals surface area contributed by atoms with Crippen LogP contribution in [0, 0.1) is 6.92 Å². The number of aryl methyl sites for hydroxylation is 1. The van der Waals surface area contributed by atoms with Crippen LogP contribution in [0.1, 0.15) is 16.8 Å². The Morgan fingerprint density at radius 2 is 2.00 bits per heavy atom. The summed E-state index contributed by atoms with van der Waals surface area (Å²) in [6.07, 6.45) is 6.50. The summed E-state index contributed by atoms with van der Waals surface area (Å²) < 4.78 is 0. The van der Waals surface area contributed by atoms with Crippen molar-refractivity contribution in [2.24, 2.45) is 0 Å². The number of rotatable bonds is 6. The zero-order valence-electron chi connectivity index (χ0n) is 12.3. The summed E-state index contributed by atoms with van der Waals surface area (Å²) >= 11 is 0. The van der Waals surface area contributed by atoms with E-state index in [9.17, 15) is 0 Å². The number of pyridine rings is 1. The van der Waals surface area contributed by atoms with Gasteiger partial charge in [-0.15, -0.1) is 0 Å². The fourth-order valence-corrected chi connectivity index (χ4v) is 1.97. The highest BCUT2D eigenvalue weighted by Crippen LogP contribution is 2.10. The molecule has 2 aromatic heterocycles. The zero-order valence-corrected chi connectivity index (χ0v) is 12.3. The fraction of sp³-hybridized carbons (Fsp3) is 0.400. The largest absolute Gasteiger partial charge is 0.344 e. The third kappa shape index (κ3) is 3.74. The van der Waals surface area contributed by atoms with Gasteiger partial charge in [0, 0.05) is 50.0 Å². The fourth-order valence-electron chi connectivity index (χ4n) is 1.97. The van der Waals surface area contributed by atoms with Crippen LogP contribution in [0.25, 0.3) is 0 Å². The van der Waals surface area contributed by atoms with Crippen molar-refractivity contribution in [3.63, 3.8) is 0 Å². The highest BCUT2D eigenvalue weighted by Gasteiger charge is 2.07. The Hall–Kier alpha value is -2.01. The Kier molecular flexibility index (Phi) is 5.01. The summed E-state index contributed by atoms with van der Waals surface area (Å²) in [5, 5.41) is 3.12. The molecule has 0 saturated carbocycles. The van der Waals surface area contributed by atoms with Crippen LogP contribution in [-0.2, 0) is 13.0 Å². The van der Waals surface area contributed by atoms with Crippen molar-refractivity contribution in [1.82, 2.24) is 20.3 Å². The lowest BCUT2D eigenvalue weighted by atomic mass is 10.2. The molecule has 2 rings (SSSR count). The van der Waals surface area contributed by atoms with Gasteiger partial charge in [-0.1, -0.05) is 0 Å². The normalized spacial score (nSPS) is 10.6. The summed E-state index contributed by atoms with van der Waals surface area (Å²) in [4.78, 5) is 15.1. The van der Waals surface area contributed by atoms with Crippen LogP contribution in [0.15, 0.2) is 30.7 Å². The van der Waals surface area contributed by atoms with E-state index in [0.29, 0.717) is 0 Å². The molecule has 5 heteroatoms. The van der Waals surface area contributed by atoms with E-state index in [1.165, 1.54) is 5.56 Å². The lowest BCUT2D eigenvalue weighted by Crippen LogP contribution is -2.23. The smallest absolute Gasteiger partial charge is 0.225 e. The average Bonchev–Trinajstić information content (AvgIpc) is 2.48. The van der Waals surface area contributed by atoms with E-state index >= 15 is 0 Å². The Morgan fingerprint density at radius 3 is 2.65 bits per heavy atom. The van der Waals surface area contributed by atoms with Gasteiger partial charge in [-0.3, -0.25) is 4.98 Å². The molecule has 0 bridgehead atoms. The quantitative estimate of drug-likeness (QED) is 0.864. The minimum atomic E-state index is 0.774. The lowest BCUT2D eigenvalue weighted by Gasteiger charge is -2.18. The molecule has 2 heterocycles. The van der Waals surface area contributed by atoms with Gasteiger partial charge in [0.05, 0.1) is 0 Å². The van der Waals surface area contributed by atoms with Gasteiger partial charge in [-0.05, 0) is 38.1 Å². The molecule has 0 amide bonds. The van der Waals surface area contributed by atoms with Crippen LogP contribution in [0.5, 0.6) is 0 Å². The van der Waals surface area contributed by atoms with Crippen molar-refractivity contribution in [1.29, 1.82) is 0 Å². The minimum Gasteiger partial charge on any atom is -0.344 e. The van der Waals surface area contributed by atoms with Crippen LogP contribution in [0.3, 0.4) is 0 Å². The molecule has 0 radical (unpaired) electrons. The molecule has 0 unspecified atom stereocenters. The Bertz CT molecular complexity index is 541. The highest BCUT2D eigenvalue weighted by molar-refractivity contribution is 5.32. The third-order valence-electron chi connectivity index (χ3n) is 3.26. The number of nitrogens with zero attached hydrogens (tertiary/aromatic N) is 4. The van der Waals surface area contributed by atoms with E-state index in [0.717, 1.165) is 36.7 Å². The van der Waals surface area contributed by atoms with Gasteiger partial charge < -0.3 is 10.2 Å². The number of hydrogen-bond donors (Lipinski definition) is 1. The summed E-state index contributed by atoms with van der Waals surface area (Å²) in [5.41, 5.74) is 3.44. The predicted octanol–water partition coefficient (Wildman–Crippen LogP) is 1.58. The summed E-state index contributed by atoms with van der Waals surface area (Å²) in [7, 11) is 3.95. The number of nitrogens with one attached hydrogen (secondary N) is 1. The van der Waals surface area contributed by atoms with Crippen molar-refractivity contribution in [3.05, 3.63) is 47.5 Å². The Balaban J connectivity index is 1.98.